The van der Waals surface area contributed by atoms with Crippen LogP contribution in [0, 0.1) is 0 Å². The fourth-order valence-corrected chi connectivity index (χ4v) is 3.83. The van der Waals surface area contributed by atoms with Crippen LogP contribution in [0.3, 0.4) is 0 Å². The topological polar surface area (TPSA) is 57.2 Å². The Bertz CT molecular complexity index is 903. The Hall–Kier alpha value is -2.54. The molecular formula is C27H30O5. The van der Waals surface area contributed by atoms with Gasteiger partial charge < -0.3 is 24.1 Å². The summed E-state index contributed by atoms with van der Waals surface area (Å²) in [6.45, 7) is 1.65. The van der Waals surface area contributed by atoms with Crippen LogP contribution in [0.25, 0.3) is 0 Å². The molecule has 3 aromatic carbocycles. The third kappa shape index (κ3) is 6.73. The summed E-state index contributed by atoms with van der Waals surface area (Å²) in [5, 5.41) is 10.4. The molecule has 0 saturated carbocycles. The van der Waals surface area contributed by atoms with Gasteiger partial charge in [-0.15, -0.1) is 0 Å². The normalized spacial score (nSPS) is 23.2. The Morgan fingerprint density at radius 2 is 1.19 bits per heavy atom. The summed E-state index contributed by atoms with van der Waals surface area (Å²) in [4.78, 5) is 0. The predicted molar refractivity (Wildman–Crippen MR) is 122 cm³/mol. The molecule has 32 heavy (non-hydrogen) atoms. The molecule has 5 heteroatoms. The zero-order valence-electron chi connectivity index (χ0n) is 18.1. The summed E-state index contributed by atoms with van der Waals surface area (Å²) in [5.41, 5.74) is 3.24. The summed E-state index contributed by atoms with van der Waals surface area (Å²) in [5.74, 6) is 0. The van der Waals surface area contributed by atoms with Crippen LogP contribution in [0.1, 0.15) is 23.1 Å². The van der Waals surface area contributed by atoms with E-state index in [4.69, 9.17) is 18.9 Å². The van der Waals surface area contributed by atoms with Crippen molar-refractivity contribution in [1.82, 2.24) is 0 Å². The standard InChI is InChI=1S/C27H30O5/c28-26-16-24(30-18-22-12-6-2-7-13-22)27(31-19-23-14-8-3-9-15-23)25(32-26)20-29-17-21-10-4-1-5-11-21/h1-15,24-28H,16-20H2/t24-,25+,26-,27-/m0/s1. The van der Waals surface area contributed by atoms with Crippen molar-refractivity contribution < 1.29 is 24.1 Å². The van der Waals surface area contributed by atoms with E-state index in [-0.39, 0.29) is 12.2 Å². The van der Waals surface area contributed by atoms with E-state index in [1.807, 2.05) is 91.0 Å². The fraction of sp³-hybridized carbons (Fsp3) is 0.333. The minimum Gasteiger partial charge on any atom is -0.374 e. The molecule has 1 aliphatic rings. The highest BCUT2D eigenvalue weighted by molar-refractivity contribution is 5.15. The summed E-state index contributed by atoms with van der Waals surface area (Å²) in [6, 6.07) is 30.0. The molecule has 1 saturated heterocycles. The van der Waals surface area contributed by atoms with Crippen LogP contribution >= 0.6 is 0 Å². The highest BCUT2D eigenvalue weighted by atomic mass is 16.6. The lowest BCUT2D eigenvalue weighted by Gasteiger charge is -2.39. The van der Waals surface area contributed by atoms with Crippen LogP contribution in [0.5, 0.6) is 0 Å². The van der Waals surface area contributed by atoms with Gasteiger partial charge in [-0.3, -0.25) is 0 Å². The number of ether oxygens (including phenoxy) is 4. The number of rotatable bonds is 10. The lowest BCUT2D eigenvalue weighted by molar-refractivity contribution is -0.265. The van der Waals surface area contributed by atoms with Gasteiger partial charge in [0, 0.05) is 6.42 Å². The van der Waals surface area contributed by atoms with Crippen molar-refractivity contribution in [2.45, 2.75) is 50.8 Å². The maximum absolute atomic E-state index is 10.4. The van der Waals surface area contributed by atoms with Crippen molar-refractivity contribution in [2.24, 2.45) is 0 Å². The molecule has 0 bridgehead atoms. The molecule has 4 atom stereocenters. The fourth-order valence-electron chi connectivity index (χ4n) is 3.83. The molecule has 5 nitrogen and oxygen atoms in total. The van der Waals surface area contributed by atoms with E-state index in [2.05, 4.69) is 0 Å². The van der Waals surface area contributed by atoms with Crippen molar-refractivity contribution in [3.8, 4) is 0 Å². The maximum Gasteiger partial charge on any atom is 0.157 e. The SMILES string of the molecule is O[C@@H]1C[C@H](OCc2ccccc2)[C@H](OCc2ccccc2)[C@@H](COCc2ccccc2)O1. The molecule has 0 aliphatic carbocycles. The molecule has 0 spiro atoms. The van der Waals surface area contributed by atoms with E-state index in [0.29, 0.717) is 32.8 Å². The van der Waals surface area contributed by atoms with Gasteiger partial charge in [-0.2, -0.15) is 0 Å². The highest BCUT2D eigenvalue weighted by Gasteiger charge is 2.40. The average Bonchev–Trinajstić information content (AvgIpc) is 2.84. The molecule has 168 valence electrons. The molecular weight excluding hydrogens is 404 g/mol. The van der Waals surface area contributed by atoms with Crippen molar-refractivity contribution in [3.05, 3.63) is 108 Å². The van der Waals surface area contributed by atoms with E-state index >= 15 is 0 Å². The van der Waals surface area contributed by atoms with E-state index < -0.39 is 12.4 Å². The Morgan fingerprint density at radius 3 is 1.75 bits per heavy atom. The van der Waals surface area contributed by atoms with Gasteiger partial charge in [0.25, 0.3) is 0 Å². The van der Waals surface area contributed by atoms with Gasteiger partial charge in [0.1, 0.15) is 12.2 Å². The van der Waals surface area contributed by atoms with Crippen LogP contribution in [-0.4, -0.2) is 36.3 Å². The van der Waals surface area contributed by atoms with Gasteiger partial charge >= 0.3 is 0 Å². The summed E-state index contributed by atoms with van der Waals surface area (Å²) < 4.78 is 24.3. The largest absolute Gasteiger partial charge is 0.374 e. The molecule has 0 aromatic heterocycles. The molecule has 4 rings (SSSR count). The van der Waals surface area contributed by atoms with Gasteiger partial charge in [-0.25, -0.2) is 0 Å². The second kappa shape index (κ2) is 11.9. The van der Waals surface area contributed by atoms with Gasteiger partial charge in [-0.1, -0.05) is 91.0 Å². The van der Waals surface area contributed by atoms with Crippen LogP contribution in [0.15, 0.2) is 91.0 Å². The van der Waals surface area contributed by atoms with Crippen molar-refractivity contribution in [2.75, 3.05) is 6.61 Å². The monoisotopic (exact) mass is 434 g/mol. The maximum atomic E-state index is 10.4. The Balaban J connectivity index is 1.42. The molecule has 0 unspecified atom stereocenters. The third-order valence-electron chi connectivity index (χ3n) is 5.48. The van der Waals surface area contributed by atoms with Gasteiger partial charge in [0.15, 0.2) is 6.29 Å². The van der Waals surface area contributed by atoms with E-state index in [1.54, 1.807) is 0 Å². The Labute approximate surface area is 189 Å². The van der Waals surface area contributed by atoms with Gasteiger partial charge in [0.2, 0.25) is 0 Å². The van der Waals surface area contributed by atoms with Crippen LogP contribution in [0.2, 0.25) is 0 Å². The second-order valence-corrected chi connectivity index (χ2v) is 7.96. The molecule has 1 N–H and O–H groups in total. The minimum atomic E-state index is -0.919. The number of hydrogen-bond donors (Lipinski definition) is 1. The smallest absolute Gasteiger partial charge is 0.157 e. The van der Waals surface area contributed by atoms with E-state index in [1.165, 1.54) is 0 Å². The van der Waals surface area contributed by atoms with Crippen LogP contribution in [0.4, 0.5) is 0 Å². The summed E-state index contributed by atoms with van der Waals surface area (Å²) >= 11 is 0. The molecule has 0 amide bonds. The Kier molecular flexibility index (Phi) is 8.42. The molecule has 1 fully saturated rings. The zero-order chi connectivity index (χ0) is 22.0. The number of benzene rings is 3. The quantitative estimate of drug-likeness (QED) is 0.510. The molecule has 0 radical (unpaired) electrons. The number of aliphatic hydroxyl groups is 1. The lowest BCUT2D eigenvalue weighted by Crippen LogP contribution is -2.52. The van der Waals surface area contributed by atoms with E-state index in [9.17, 15) is 5.11 Å². The number of hydrogen-bond acceptors (Lipinski definition) is 5. The zero-order valence-corrected chi connectivity index (χ0v) is 18.1. The second-order valence-electron chi connectivity index (χ2n) is 7.96. The first-order valence-corrected chi connectivity index (χ1v) is 11.0. The Morgan fingerprint density at radius 1 is 0.688 bits per heavy atom. The first kappa shape index (κ1) is 22.6. The predicted octanol–water partition coefficient (Wildman–Crippen LogP) is 4.48. The average molecular weight is 435 g/mol. The van der Waals surface area contributed by atoms with Crippen molar-refractivity contribution in [1.29, 1.82) is 0 Å². The van der Waals surface area contributed by atoms with Gasteiger partial charge in [0.05, 0.1) is 32.5 Å². The van der Waals surface area contributed by atoms with E-state index in [0.717, 1.165) is 16.7 Å². The van der Waals surface area contributed by atoms with Crippen LogP contribution in [-0.2, 0) is 38.8 Å². The van der Waals surface area contributed by atoms with Crippen molar-refractivity contribution >= 4 is 0 Å². The highest BCUT2D eigenvalue weighted by Crippen LogP contribution is 2.27. The van der Waals surface area contributed by atoms with Gasteiger partial charge in [-0.05, 0) is 16.7 Å². The van der Waals surface area contributed by atoms with Crippen LogP contribution < -0.4 is 0 Å². The summed E-state index contributed by atoms with van der Waals surface area (Å²) in [7, 11) is 0. The lowest BCUT2D eigenvalue weighted by atomic mass is 10.0. The number of aliphatic hydroxyl groups excluding tert-OH is 1. The minimum absolute atomic E-state index is 0.302. The van der Waals surface area contributed by atoms with Crippen molar-refractivity contribution in [3.63, 3.8) is 0 Å². The summed E-state index contributed by atoms with van der Waals surface area (Å²) in [6.07, 6.45) is -1.68. The molecule has 3 aromatic rings. The first-order chi connectivity index (χ1) is 15.8. The molecule has 1 aliphatic heterocycles. The third-order valence-corrected chi connectivity index (χ3v) is 5.48. The first-order valence-electron chi connectivity index (χ1n) is 11.0. The molecule has 1 heterocycles.